The number of hydrogen-bond acceptors (Lipinski definition) is 5. The van der Waals surface area contributed by atoms with Gasteiger partial charge in [0, 0.05) is 19.1 Å². The van der Waals surface area contributed by atoms with Crippen molar-refractivity contribution in [3.8, 4) is 11.5 Å². The second-order valence-electron chi connectivity index (χ2n) is 7.57. The van der Waals surface area contributed by atoms with Crippen molar-refractivity contribution in [2.75, 3.05) is 19.7 Å². The van der Waals surface area contributed by atoms with Gasteiger partial charge in [0.25, 0.3) is 5.91 Å². The van der Waals surface area contributed by atoms with Crippen molar-refractivity contribution in [2.45, 2.75) is 51.4 Å². The van der Waals surface area contributed by atoms with Crippen LogP contribution in [0.15, 0.2) is 24.3 Å². The van der Waals surface area contributed by atoms with Crippen molar-refractivity contribution in [3.63, 3.8) is 0 Å². The third-order valence-corrected chi connectivity index (χ3v) is 4.33. The molecule has 2 aliphatic rings. The molecule has 2 aliphatic heterocycles. The van der Waals surface area contributed by atoms with Crippen LogP contribution in [-0.4, -0.2) is 54.3 Å². The van der Waals surface area contributed by atoms with Crippen LogP contribution in [0.1, 0.15) is 33.6 Å². The standard InChI is InChI=1S/C19H26N2O5/c1-19(2,3)26-18(23)20-11-13-7-6-10-21(13)17(22)16-12-24-14-8-4-5-9-15(14)25-16/h4-5,8-9,13,16H,6-7,10-12H2,1-3H3,(H,20,23). The zero-order valence-corrected chi connectivity index (χ0v) is 15.5. The van der Waals surface area contributed by atoms with Crippen LogP contribution in [0.5, 0.6) is 11.5 Å². The number of carbonyl (C=O) groups excluding carboxylic acids is 2. The molecule has 1 N–H and O–H groups in total. The third kappa shape index (κ3) is 4.39. The van der Waals surface area contributed by atoms with Crippen LogP contribution < -0.4 is 14.8 Å². The number of likely N-dealkylation sites (tertiary alicyclic amines) is 1. The topological polar surface area (TPSA) is 77.1 Å². The molecule has 1 fully saturated rings. The largest absolute Gasteiger partial charge is 0.485 e. The van der Waals surface area contributed by atoms with Gasteiger partial charge >= 0.3 is 6.09 Å². The first-order valence-electron chi connectivity index (χ1n) is 8.99. The lowest BCUT2D eigenvalue weighted by molar-refractivity contribution is -0.142. The first kappa shape index (κ1) is 18.4. The Balaban J connectivity index is 1.56. The van der Waals surface area contributed by atoms with E-state index < -0.39 is 17.8 Å². The monoisotopic (exact) mass is 362 g/mol. The second kappa shape index (κ2) is 7.43. The minimum absolute atomic E-state index is 0.0595. The van der Waals surface area contributed by atoms with Crippen molar-refractivity contribution in [1.82, 2.24) is 10.2 Å². The van der Waals surface area contributed by atoms with Crippen molar-refractivity contribution >= 4 is 12.0 Å². The van der Waals surface area contributed by atoms with Crippen LogP contribution in [0, 0.1) is 0 Å². The minimum Gasteiger partial charge on any atom is -0.485 e. The van der Waals surface area contributed by atoms with Crippen LogP contribution in [0.25, 0.3) is 0 Å². The SMILES string of the molecule is CC(C)(C)OC(=O)NCC1CCCN1C(=O)C1COc2ccccc2O1. The Kier molecular flexibility index (Phi) is 5.25. The lowest BCUT2D eigenvalue weighted by Gasteiger charge is -2.32. The Hall–Kier alpha value is -2.44. The van der Waals surface area contributed by atoms with Crippen molar-refractivity contribution < 1.29 is 23.8 Å². The second-order valence-corrected chi connectivity index (χ2v) is 7.57. The van der Waals surface area contributed by atoms with E-state index in [-0.39, 0.29) is 18.6 Å². The molecule has 0 aromatic heterocycles. The van der Waals surface area contributed by atoms with E-state index in [2.05, 4.69) is 5.32 Å². The molecule has 142 valence electrons. The zero-order chi connectivity index (χ0) is 18.7. The number of nitrogens with zero attached hydrogens (tertiary/aromatic N) is 1. The average Bonchev–Trinajstić information content (AvgIpc) is 3.06. The summed E-state index contributed by atoms with van der Waals surface area (Å²) in [6.07, 6.45) is 0.609. The normalized spacial score (nSPS) is 22.0. The summed E-state index contributed by atoms with van der Waals surface area (Å²) < 4.78 is 16.7. The molecule has 0 saturated carbocycles. The number of fused-ring (bicyclic) bond motifs is 1. The van der Waals surface area contributed by atoms with Crippen LogP contribution in [0.4, 0.5) is 4.79 Å². The fourth-order valence-corrected chi connectivity index (χ4v) is 3.18. The van der Waals surface area contributed by atoms with E-state index in [1.807, 2.05) is 39.0 Å². The lowest BCUT2D eigenvalue weighted by atomic mass is 10.2. The summed E-state index contributed by atoms with van der Waals surface area (Å²) in [4.78, 5) is 26.5. The molecule has 1 aromatic rings. The summed E-state index contributed by atoms with van der Waals surface area (Å²) in [5.41, 5.74) is -0.546. The number of carbonyl (C=O) groups is 2. The molecule has 2 atom stereocenters. The van der Waals surface area contributed by atoms with E-state index >= 15 is 0 Å². The summed E-state index contributed by atoms with van der Waals surface area (Å²) in [7, 11) is 0. The number of para-hydroxylation sites is 2. The molecule has 0 spiro atoms. The highest BCUT2D eigenvalue weighted by atomic mass is 16.6. The Morgan fingerprint density at radius 2 is 2.00 bits per heavy atom. The third-order valence-electron chi connectivity index (χ3n) is 4.33. The van der Waals surface area contributed by atoms with Crippen molar-refractivity contribution in [3.05, 3.63) is 24.3 Å². The average molecular weight is 362 g/mol. The molecule has 2 heterocycles. The Labute approximate surface area is 153 Å². The number of hydrogen-bond donors (Lipinski definition) is 1. The number of benzene rings is 1. The van der Waals surface area contributed by atoms with E-state index in [0.717, 1.165) is 12.8 Å². The Morgan fingerprint density at radius 1 is 1.27 bits per heavy atom. The summed E-state index contributed by atoms with van der Waals surface area (Å²) in [6, 6.07) is 7.26. The van der Waals surface area contributed by atoms with Gasteiger partial charge in [-0.25, -0.2) is 4.79 Å². The maximum Gasteiger partial charge on any atom is 0.407 e. The Bertz CT molecular complexity index is 670. The van der Waals surface area contributed by atoms with E-state index in [4.69, 9.17) is 14.2 Å². The predicted molar refractivity (Wildman–Crippen MR) is 95.3 cm³/mol. The number of nitrogens with one attached hydrogen (secondary N) is 1. The van der Waals surface area contributed by atoms with Crippen LogP contribution in [-0.2, 0) is 9.53 Å². The van der Waals surface area contributed by atoms with Gasteiger partial charge < -0.3 is 24.4 Å². The molecule has 7 nitrogen and oxygen atoms in total. The van der Waals surface area contributed by atoms with Gasteiger partial charge in [0.1, 0.15) is 12.2 Å². The van der Waals surface area contributed by atoms with Gasteiger partial charge in [-0.2, -0.15) is 0 Å². The number of alkyl carbamates (subject to hydrolysis) is 1. The predicted octanol–water partition coefficient (Wildman–Crippen LogP) is 2.34. The van der Waals surface area contributed by atoms with E-state index in [1.165, 1.54) is 0 Å². The molecule has 1 aromatic carbocycles. The van der Waals surface area contributed by atoms with Gasteiger partial charge in [0.15, 0.2) is 11.5 Å². The van der Waals surface area contributed by atoms with Gasteiger partial charge in [0.05, 0.1) is 0 Å². The van der Waals surface area contributed by atoms with Gasteiger partial charge in [-0.3, -0.25) is 4.79 Å². The quantitative estimate of drug-likeness (QED) is 0.893. The molecule has 2 unspecified atom stereocenters. The number of rotatable bonds is 3. The molecule has 0 bridgehead atoms. The summed E-state index contributed by atoms with van der Waals surface area (Å²) in [5.74, 6) is 1.13. The van der Waals surface area contributed by atoms with Gasteiger partial charge in [-0.1, -0.05) is 12.1 Å². The molecule has 0 aliphatic carbocycles. The first-order valence-corrected chi connectivity index (χ1v) is 8.99. The molecule has 1 saturated heterocycles. The summed E-state index contributed by atoms with van der Waals surface area (Å²) in [6.45, 7) is 6.66. The highest BCUT2D eigenvalue weighted by molar-refractivity contribution is 5.82. The molecule has 2 amide bonds. The van der Waals surface area contributed by atoms with Crippen molar-refractivity contribution in [1.29, 1.82) is 0 Å². The van der Waals surface area contributed by atoms with Crippen LogP contribution >= 0.6 is 0 Å². The zero-order valence-electron chi connectivity index (χ0n) is 15.5. The highest BCUT2D eigenvalue weighted by Gasteiger charge is 2.36. The van der Waals surface area contributed by atoms with Gasteiger partial charge in [-0.05, 0) is 45.7 Å². The molecule has 0 radical (unpaired) electrons. The maximum absolute atomic E-state index is 12.9. The fourth-order valence-electron chi connectivity index (χ4n) is 3.18. The van der Waals surface area contributed by atoms with Gasteiger partial charge in [0.2, 0.25) is 6.10 Å². The van der Waals surface area contributed by atoms with Gasteiger partial charge in [-0.15, -0.1) is 0 Å². The van der Waals surface area contributed by atoms with E-state index in [1.54, 1.807) is 11.0 Å². The molecule has 3 rings (SSSR count). The lowest BCUT2D eigenvalue weighted by Crippen LogP contribution is -2.51. The summed E-state index contributed by atoms with van der Waals surface area (Å²) >= 11 is 0. The molecular weight excluding hydrogens is 336 g/mol. The van der Waals surface area contributed by atoms with E-state index in [0.29, 0.717) is 24.6 Å². The smallest absolute Gasteiger partial charge is 0.407 e. The summed E-state index contributed by atoms with van der Waals surface area (Å²) in [5, 5.41) is 2.76. The van der Waals surface area contributed by atoms with E-state index in [9.17, 15) is 9.59 Å². The molecular formula is C19H26N2O5. The minimum atomic E-state index is -0.660. The maximum atomic E-state index is 12.9. The first-order chi connectivity index (χ1) is 12.3. The van der Waals surface area contributed by atoms with Crippen LogP contribution in [0.3, 0.4) is 0 Å². The highest BCUT2D eigenvalue weighted by Crippen LogP contribution is 2.32. The molecule has 26 heavy (non-hydrogen) atoms. The van der Waals surface area contributed by atoms with Crippen molar-refractivity contribution in [2.24, 2.45) is 0 Å². The fraction of sp³-hybridized carbons (Fsp3) is 0.579. The Morgan fingerprint density at radius 3 is 2.73 bits per heavy atom. The number of ether oxygens (including phenoxy) is 3. The number of amides is 2. The molecule has 7 heteroatoms. The van der Waals surface area contributed by atoms with Crippen LogP contribution in [0.2, 0.25) is 0 Å².